The Morgan fingerprint density at radius 3 is 1.93 bits per heavy atom. The van der Waals surface area contributed by atoms with Gasteiger partial charge in [0.1, 0.15) is 18.1 Å². The Bertz CT molecular complexity index is 1700. The average Bonchev–Trinajstić information content (AvgIpc) is 2.94. The first-order chi connectivity index (χ1) is 19.0. The number of carbonyl (C=O) groups is 1. The van der Waals surface area contributed by atoms with Crippen LogP contribution in [0.1, 0.15) is 0 Å². The highest BCUT2D eigenvalue weighted by Gasteiger charge is 2.27. The fourth-order valence-electron chi connectivity index (χ4n) is 3.58. The van der Waals surface area contributed by atoms with Gasteiger partial charge in [-0.1, -0.05) is 15.9 Å². The molecule has 4 aromatic rings. The van der Waals surface area contributed by atoms with E-state index in [0.717, 1.165) is 20.9 Å². The summed E-state index contributed by atoms with van der Waals surface area (Å²) < 4.78 is 75.1. The summed E-state index contributed by atoms with van der Waals surface area (Å²) in [4.78, 5) is 12.8. The van der Waals surface area contributed by atoms with Crippen LogP contribution >= 0.6 is 15.9 Å². The van der Waals surface area contributed by atoms with Gasteiger partial charge in [0.05, 0.1) is 22.6 Å². The number of benzene rings is 4. The molecule has 4 rings (SSSR count). The lowest BCUT2D eigenvalue weighted by atomic mass is 10.3. The van der Waals surface area contributed by atoms with E-state index in [9.17, 15) is 26.0 Å². The third kappa shape index (κ3) is 6.97. The molecule has 0 bridgehead atoms. The Morgan fingerprint density at radius 2 is 1.35 bits per heavy atom. The van der Waals surface area contributed by atoms with Crippen LogP contribution in [0.3, 0.4) is 0 Å². The number of nitrogens with zero attached hydrogens (tertiary/aromatic N) is 1. The van der Waals surface area contributed by atoms with Gasteiger partial charge < -0.3 is 10.1 Å². The van der Waals surface area contributed by atoms with E-state index < -0.39 is 38.3 Å². The molecule has 0 unspecified atom stereocenters. The minimum absolute atomic E-state index is 0.0385. The van der Waals surface area contributed by atoms with Crippen LogP contribution in [0.2, 0.25) is 0 Å². The Hall–Kier alpha value is -3.94. The van der Waals surface area contributed by atoms with Crippen LogP contribution in [0.4, 0.5) is 21.5 Å². The summed E-state index contributed by atoms with van der Waals surface area (Å²) in [6.45, 7) is -0.634. The standard InChI is InChI=1S/C27H23BrFN3O6S2/c1-38-24-12-16-26(17-13-24)40(36,37)32(23-10-4-20(29)5-11-23)18-27(33)30-21-8-14-25(15-9-21)39(34,35)31-22-6-2-19(28)3-7-22/h2-17,31H,18H2,1H3,(H,30,33). The number of nitrogens with one attached hydrogen (secondary N) is 2. The lowest BCUT2D eigenvalue weighted by molar-refractivity contribution is -0.114. The molecule has 0 spiro atoms. The van der Waals surface area contributed by atoms with Crippen molar-refractivity contribution in [3.05, 3.63) is 107 Å². The van der Waals surface area contributed by atoms with Gasteiger partial charge >= 0.3 is 0 Å². The molecular formula is C27H23BrFN3O6S2. The second-order valence-electron chi connectivity index (χ2n) is 8.35. The molecule has 0 radical (unpaired) electrons. The molecule has 40 heavy (non-hydrogen) atoms. The summed E-state index contributed by atoms with van der Waals surface area (Å²) in [5.74, 6) is -0.827. The molecule has 0 atom stereocenters. The normalized spacial score (nSPS) is 11.5. The van der Waals surface area contributed by atoms with Gasteiger partial charge in [-0.2, -0.15) is 0 Å². The summed E-state index contributed by atoms with van der Waals surface area (Å²) in [7, 11) is -6.68. The van der Waals surface area contributed by atoms with Crippen LogP contribution in [-0.4, -0.2) is 36.4 Å². The lowest BCUT2D eigenvalue weighted by Gasteiger charge is -2.24. The highest BCUT2D eigenvalue weighted by molar-refractivity contribution is 9.10. The molecule has 0 aliphatic heterocycles. The van der Waals surface area contributed by atoms with E-state index >= 15 is 0 Å². The van der Waals surface area contributed by atoms with Crippen LogP contribution in [-0.2, 0) is 24.8 Å². The first-order valence-electron chi connectivity index (χ1n) is 11.6. The van der Waals surface area contributed by atoms with Gasteiger partial charge in [-0.15, -0.1) is 0 Å². The monoisotopic (exact) mass is 647 g/mol. The number of hydrogen-bond acceptors (Lipinski definition) is 6. The summed E-state index contributed by atoms with van der Waals surface area (Å²) in [5, 5.41) is 2.57. The van der Waals surface area contributed by atoms with E-state index in [0.29, 0.717) is 11.4 Å². The Labute approximate surface area is 239 Å². The molecule has 0 aliphatic rings. The number of sulfonamides is 2. The molecule has 0 fully saturated rings. The number of carbonyl (C=O) groups excluding carboxylic acids is 1. The molecule has 208 valence electrons. The van der Waals surface area contributed by atoms with E-state index in [4.69, 9.17) is 4.74 Å². The van der Waals surface area contributed by atoms with Crippen LogP contribution in [0.25, 0.3) is 0 Å². The van der Waals surface area contributed by atoms with Crippen molar-refractivity contribution in [3.63, 3.8) is 0 Å². The van der Waals surface area contributed by atoms with E-state index in [1.165, 1.54) is 67.8 Å². The summed E-state index contributed by atoms with van der Waals surface area (Å²) in [5.41, 5.74) is 0.695. The van der Waals surface area contributed by atoms with Gasteiger partial charge in [0.25, 0.3) is 20.0 Å². The molecule has 0 aromatic heterocycles. The Kier molecular flexibility index (Phi) is 8.76. The van der Waals surface area contributed by atoms with Crippen LogP contribution < -0.4 is 19.1 Å². The molecular weight excluding hydrogens is 625 g/mol. The zero-order valence-corrected chi connectivity index (χ0v) is 24.1. The number of methoxy groups -OCH3 is 1. The predicted octanol–water partition coefficient (Wildman–Crippen LogP) is 5.23. The second kappa shape index (κ2) is 12.1. The predicted molar refractivity (Wildman–Crippen MR) is 154 cm³/mol. The van der Waals surface area contributed by atoms with Crippen molar-refractivity contribution in [1.82, 2.24) is 0 Å². The first-order valence-corrected chi connectivity index (χ1v) is 15.3. The molecule has 0 saturated heterocycles. The van der Waals surface area contributed by atoms with Gasteiger partial charge in [0.2, 0.25) is 5.91 Å². The molecule has 4 aromatic carbocycles. The summed E-state index contributed by atoms with van der Waals surface area (Å²) in [6, 6.07) is 22.3. The third-order valence-corrected chi connectivity index (χ3v) is 9.31. The fraction of sp³-hybridized carbons (Fsp3) is 0.0741. The van der Waals surface area contributed by atoms with Crippen LogP contribution in [0, 0.1) is 5.82 Å². The average molecular weight is 649 g/mol. The van der Waals surface area contributed by atoms with Crippen molar-refractivity contribution in [3.8, 4) is 5.75 Å². The number of anilines is 3. The number of halogens is 2. The number of ether oxygens (including phenoxy) is 1. The highest BCUT2D eigenvalue weighted by Crippen LogP contribution is 2.26. The van der Waals surface area contributed by atoms with Gasteiger partial charge in [-0.05, 0) is 97.1 Å². The number of hydrogen-bond donors (Lipinski definition) is 2. The summed E-state index contributed by atoms with van der Waals surface area (Å²) in [6.07, 6.45) is 0. The van der Waals surface area contributed by atoms with Crippen molar-refractivity contribution in [1.29, 1.82) is 0 Å². The Balaban J connectivity index is 1.52. The maximum atomic E-state index is 13.5. The molecule has 13 heteroatoms. The topological polar surface area (TPSA) is 122 Å². The van der Waals surface area contributed by atoms with Crippen molar-refractivity contribution >= 4 is 58.9 Å². The third-order valence-electron chi connectivity index (χ3n) is 5.59. The molecule has 0 aliphatic carbocycles. The minimum Gasteiger partial charge on any atom is -0.497 e. The Morgan fingerprint density at radius 1 is 0.800 bits per heavy atom. The fourth-order valence-corrected chi connectivity index (χ4v) is 6.32. The van der Waals surface area contributed by atoms with E-state index in [-0.39, 0.29) is 21.2 Å². The smallest absolute Gasteiger partial charge is 0.264 e. The molecule has 0 saturated carbocycles. The van der Waals surface area contributed by atoms with E-state index in [1.807, 2.05) is 0 Å². The molecule has 9 nitrogen and oxygen atoms in total. The quantitative estimate of drug-likeness (QED) is 0.243. The van der Waals surface area contributed by atoms with Gasteiger partial charge in [-0.3, -0.25) is 13.8 Å². The van der Waals surface area contributed by atoms with Gasteiger partial charge in [0, 0.05) is 15.8 Å². The number of amides is 1. The van der Waals surface area contributed by atoms with Crippen LogP contribution in [0.15, 0.2) is 111 Å². The summed E-state index contributed by atoms with van der Waals surface area (Å²) >= 11 is 3.29. The maximum Gasteiger partial charge on any atom is 0.264 e. The second-order valence-corrected chi connectivity index (χ2v) is 12.8. The zero-order chi connectivity index (χ0) is 28.9. The first kappa shape index (κ1) is 29.1. The van der Waals surface area contributed by atoms with Gasteiger partial charge in [-0.25, -0.2) is 21.2 Å². The molecule has 0 heterocycles. The van der Waals surface area contributed by atoms with Crippen LogP contribution in [0.5, 0.6) is 5.75 Å². The van der Waals surface area contributed by atoms with Gasteiger partial charge in [0.15, 0.2) is 0 Å². The molecule has 1 amide bonds. The SMILES string of the molecule is COc1ccc(S(=O)(=O)N(CC(=O)Nc2ccc(S(=O)(=O)Nc3ccc(Br)cc3)cc2)c2ccc(F)cc2)cc1. The van der Waals surface area contributed by atoms with Crippen molar-refractivity contribution in [2.45, 2.75) is 9.79 Å². The van der Waals surface area contributed by atoms with E-state index in [2.05, 4.69) is 26.0 Å². The van der Waals surface area contributed by atoms with Crippen molar-refractivity contribution < 1.29 is 30.8 Å². The molecule has 2 N–H and O–H groups in total. The maximum absolute atomic E-state index is 13.5. The highest BCUT2D eigenvalue weighted by atomic mass is 79.9. The zero-order valence-electron chi connectivity index (χ0n) is 20.9. The van der Waals surface area contributed by atoms with E-state index in [1.54, 1.807) is 24.3 Å². The number of rotatable bonds is 10. The lowest BCUT2D eigenvalue weighted by Crippen LogP contribution is -2.38. The largest absolute Gasteiger partial charge is 0.497 e. The van der Waals surface area contributed by atoms with Crippen molar-refractivity contribution in [2.24, 2.45) is 0 Å². The minimum atomic E-state index is -4.23. The van der Waals surface area contributed by atoms with Crippen molar-refractivity contribution in [2.75, 3.05) is 28.0 Å².